The molecule has 1 saturated heterocycles. The van der Waals surface area contributed by atoms with E-state index in [1.807, 2.05) is 0 Å². The summed E-state index contributed by atoms with van der Waals surface area (Å²) < 4.78 is 0. The Balaban J connectivity index is 1.87. The number of aryl methyl sites for hydroxylation is 1. The second-order valence-electron chi connectivity index (χ2n) is 4.57. The predicted molar refractivity (Wildman–Crippen MR) is 70.1 cm³/mol. The molecule has 0 unspecified atom stereocenters. The van der Waals surface area contributed by atoms with Crippen LogP contribution in [0.15, 0.2) is 24.3 Å². The van der Waals surface area contributed by atoms with Crippen LogP contribution in [0.25, 0.3) is 0 Å². The lowest BCUT2D eigenvalue weighted by Gasteiger charge is -2.35. The average Bonchev–Trinajstić information content (AvgIpc) is 2.38. The summed E-state index contributed by atoms with van der Waals surface area (Å²) in [6.45, 7) is 7.29. The maximum absolute atomic E-state index is 8.57. The molecule has 0 amide bonds. The van der Waals surface area contributed by atoms with Crippen molar-refractivity contribution in [1.82, 2.24) is 4.90 Å². The van der Waals surface area contributed by atoms with Crippen molar-refractivity contribution < 1.29 is 0 Å². The lowest BCUT2D eigenvalue weighted by atomic mass is 10.2. The molecule has 0 aliphatic carbocycles. The van der Waals surface area contributed by atoms with Crippen LogP contribution >= 0.6 is 0 Å². The highest BCUT2D eigenvalue weighted by molar-refractivity contribution is 5.47. The minimum absolute atomic E-state index is 0.643. The molecule has 1 heterocycles. The number of hydrogen-bond acceptors (Lipinski definition) is 3. The molecule has 0 spiro atoms. The Morgan fingerprint density at radius 3 is 2.35 bits per heavy atom. The third-order valence-corrected chi connectivity index (χ3v) is 3.31. The minimum atomic E-state index is 0.643. The van der Waals surface area contributed by atoms with E-state index in [1.165, 1.54) is 11.3 Å². The maximum Gasteiger partial charge on any atom is 0.0635 e. The molecule has 17 heavy (non-hydrogen) atoms. The van der Waals surface area contributed by atoms with E-state index in [0.29, 0.717) is 6.42 Å². The van der Waals surface area contributed by atoms with Crippen molar-refractivity contribution in [2.75, 3.05) is 37.6 Å². The molecule has 3 nitrogen and oxygen atoms in total. The fourth-order valence-electron chi connectivity index (χ4n) is 2.19. The number of piperazine rings is 1. The first-order valence-electron chi connectivity index (χ1n) is 6.20. The topological polar surface area (TPSA) is 30.3 Å². The van der Waals surface area contributed by atoms with Gasteiger partial charge in [-0.3, -0.25) is 4.90 Å². The Kier molecular flexibility index (Phi) is 4.00. The number of nitriles is 1. The highest BCUT2D eigenvalue weighted by Crippen LogP contribution is 2.16. The highest BCUT2D eigenvalue weighted by atomic mass is 15.3. The van der Waals surface area contributed by atoms with Gasteiger partial charge in [-0.2, -0.15) is 5.26 Å². The fraction of sp³-hybridized carbons (Fsp3) is 0.500. The smallest absolute Gasteiger partial charge is 0.0635 e. The standard InChI is InChI=1S/C14H19N3/c1-13-3-5-14(6-4-13)17-11-9-16(10-12-17)8-2-7-15/h3-6H,2,8-12H2,1H3. The minimum Gasteiger partial charge on any atom is -0.369 e. The first-order chi connectivity index (χ1) is 8.29. The molecule has 90 valence electrons. The molecule has 1 aliphatic heterocycles. The van der Waals surface area contributed by atoms with Crippen molar-refractivity contribution in [2.24, 2.45) is 0 Å². The Hall–Kier alpha value is -1.53. The monoisotopic (exact) mass is 229 g/mol. The van der Waals surface area contributed by atoms with Crippen LogP contribution in [-0.2, 0) is 0 Å². The van der Waals surface area contributed by atoms with Crippen LogP contribution in [0.1, 0.15) is 12.0 Å². The zero-order valence-electron chi connectivity index (χ0n) is 10.4. The summed E-state index contributed by atoms with van der Waals surface area (Å²) in [5.74, 6) is 0. The van der Waals surface area contributed by atoms with Crippen LogP contribution in [0.2, 0.25) is 0 Å². The van der Waals surface area contributed by atoms with Gasteiger partial charge in [0.15, 0.2) is 0 Å². The number of benzene rings is 1. The molecule has 1 aromatic carbocycles. The third-order valence-electron chi connectivity index (χ3n) is 3.31. The van der Waals surface area contributed by atoms with Crippen LogP contribution in [0, 0.1) is 18.3 Å². The SMILES string of the molecule is Cc1ccc(N2CCN(CCC#N)CC2)cc1. The van der Waals surface area contributed by atoms with Gasteiger partial charge in [0, 0.05) is 44.8 Å². The van der Waals surface area contributed by atoms with Crippen molar-refractivity contribution in [2.45, 2.75) is 13.3 Å². The second-order valence-corrected chi connectivity index (χ2v) is 4.57. The van der Waals surface area contributed by atoms with Crippen LogP contribution < -0.4 is 4.90 Å². The van der Waals surface area contributed by atoms with E-state index in [0.717, 1.165) is 32.7 Å². The number of nitrogens with zero attached hydrogens (tertiary/aromatic N) is 3. The Labute approximate surface area is 103 Å². The van der Waals surface area contributed by atoms with Gasteiger partial charge in [-0.25, -0.2) is 0 Å². The van der Waals surface area contributed by atoms with E-state index in [9.17, 15) is 0 Å². The number of anilines is 1. The summed E-state index contributed by atoms with van der Waals surface area (Å²) >= 11 is 0. The normalized spacial score (nSPS) is 16.8. The molecular weight excluding hydrogens is 210 g/mol. The lowest BCUT2D eigenvalue weighted by molar-refractivity contribution is 0.263. The van der Waals surface area contributed by atoms with Gasteiger partial charge in [-0.1, -0.05) is 17.7 Å². The van der Waals surface area contributed by atoms with Gasteiger partial charge in [0.05, 0.1) is 6.07 Å². The van der Waals surface area contributed by atoms with Gasteiger partial charge >= 0.3 is 0 Å². The van der Waals surface area contributed by atoms with Crippen LogP contribution in [0.4, 0.5) is 5.69 Å². The molecular formula is C14H19N3. The van der Waals surface area contributed by atoms with E-state index in [-0.39, 0.29) is 0 Å². The maximum atomic E-state index is 8.57. The molecule has 1 aromatic rings. The average molecular weight is 229 g/mol. The zero-order chi connectivity index (χ0) is 12.1. The van der Waals surface area contributed by atoms with Crippen molar-refractivity contribution in [3.05, 3.63) is 29.8 Å². The van der Waals surface area contributed by atoms with Gasteiger partial charge in [0.1, 0.15) is 0 Å². The zero-order valence-corrected chi connectivity index (χ0v) is 10.4. The fourth-order valence-corrected chi connectivity index (χ4v) is 2.19. The van der Waals surface area contributed by atoms with Gasteiger partial charge < -0.3 is 4.90 Å². The first-order valence-corrected chi connectivity index (χ1v) is 6.20. The summed E-state index contributed by atoms with van der Waals surface area (Å²) in [6, 6.07) is 10.9. The predicted octanol–water partition coefficient (Wildman–Crippen LogP) is 2.03. The molecule has 0 radical (unpaired) electrons. The van der Waals surface area contributed by atoms with Crippen molar-refractivity contribution in [3.63, 3.8) is 0 Å². The van der Waals surface area contributed by atoms with Crippen LogP contribution in [0.3, 0.4) is 0 Å². The van der Waals surface area contributed by atoms with Crippen LogP contribution in [0.5, 0.6) is 0 Å². The number of rotatable bonds is 3. The van der Waals surface area contributed by atoms with Gasteiger partial charge in [-0.15, -0.1) is 0 Å². The Bertz CT molecular complexity index is 383. The molecule has 3 heteroatoms. The van der Waals surface area contributed by atoms with Crippen molar-refractivity contribution in [1.29, 1.82) is 5.26 Å². The van der Waals surface area contributed by atoms with Gasteiger partial charge in [-0.05, 0) is 19.1 Å². The molecule has 0 N–H and O–H groups in total. The second kappa shape index (κ2) is 5.70. The molecule has 0 saturated carbocycles. The van der Waals surface area contributed by atoms with Gasteiger partial charge in [0.25, 0.3) is 0 Å². The largest absolute Gasteiger partial charge is 0.369 e. The summed E-state index contributed by atoms with van der Waals surface area (Å²) in [7, 11) is 0. The van der Waals surface area contributed by atoms with E-state index in [2.05, 4.69) is 47.1 Å². The molecule has 0 bridgehead atoms. The summed E-state index contributed by atoms with van der Waals surface area (Å²) in [5.41, 5.74) is 2.62. The van der Waals surface area contributed by atoms with E-state index in [4.69, 9.17) is 5.26 Å². The van der Waals surface area contributed by atoms with Crippen molar-refractivity contribution in [3.8, 4) is 6.07 Å². The van der Waals surface area contributed by atoms with Crippen molar-refractivity contribution >= 4 is 5.69 Å². The Morgan fingerprint density at radius 2 is 1.76 bits per heavy atom. The summed E-state index contributed by atoms with van der Waals surface area (Å²) in [6.07, 6.45) is 0.643. The summed E-state index contributed by atoms with van der Waals surface area (Å²) in [4.78, 5) is 4.79. The molecule has 0 atom stereocenters. The molecule has 0 aromatic heterocycles. The highest BCUT2D eigenvalue weighted by Gasteiger charge is 2.16. The quantitative estimate of drug-likeness (QED) is 0.794. The van der Waals surface area contributed by atoms with E-state index < -0.39 is 0 Å². The Morgan fingerprint density at radius 1 is 1.12 bits per heavy atom. The van der Waals surface area contributed by atoms with Crippen LogP contribution in [-0.4, -0.2) is 37.6 Å². The van der Waals surface area contributed by atoms with Gasteiger partial charge in [0.2, 0.25) is 0 Å². The first kappa shape index (κ1) is 11.9. The van der Waals surface area contributed by atoms with E-state index in [1.54, 1.807) is 0 Å². The summed E-state index contributed by atoms with van der Waals surface area (Å²) in [5, 5.41) is 8.57. The molecule has 1 fully saturated rings. The third kappa shape index (κ3) is 3.21. The molecule has 1 aliphatic rings. The number of hydrogen-bond donors (Lipinski definition) is 0. The molecule has 2 rings (SSSR count). The lowest BCUT2D eigenvalue weighted by Crippen LogP contribution is -2.46. The van der Waals surface area contributed by atoms with E-state index >= 15 is 0 Å².